The molecular weight excluding hydrogens is 236 g/mol. The van der Waals surface area contributed by atoms with E-state index in [0.29, 0.717) is 0 Å². The second-order valence-corrected chi connectivity index (χ2v) is 6.41. The van der Waals surface area contributed by atoms with Gasteiger partial charge in [-0.05, 0) is 11.5 Å². The van der Waals surface area contributed by atoms with Crippen molar-refractivity contribution in [1.82, 2.24) is 4.57 Å². The van der Waals surface area contributed by atoms with E-state index in [2.05, 4.69) is 42.3 Å². The van der Waals surface area contributed by atoms with Crippen LogP contribution in [0.1, 0.15) is 19.7 Å². The summed E-state index contributed by atoms with van der Waals surface area (Å²) in [7, 11) is 0. The van der Waals surface area contributed by atoms with Crippen molar-refractivity contribution in [3.63, 3.8) is 0 Å². The average Bonchev–Trinajstić information content (AvgIpc) is 2.62. The number of hydrogen-bond donors (Lipinski definition) is 0. The van der Waals surface area contributed by atoms with E-state index in [1.807, 2.05) is 23.5 Å². The zero-order chi connectivity index (χ0) is 11.8. The highest BCUT2D eigenvalue weighted by atomic mass is 32.2. The molecule has 1 aromatic heterocycles. The molecule has 0 amide bonds. The van der Waals surface area contributed by atoms with E-state index < -0.39 is 0 Å². The largest absolute Gasteiger partial charge is 0.253 e. The smallest absolute Gasteiger partial charge is 0.234 e. The van der Waals surface area contributed by atoms with Crippen LogP contribution in [-0.4, -0.2) is 27.6 Å². The first kappa shape index (κ1) is 14.0. The van der Waals surface area contributed by atoms with E-state index in [9.17, 15) is 0 Å². The van der Waals surface area contributed by atoms with Gasteiger partial charge in [-0.1, -0.05) is 13.8 Å². The Balaban J connectivity index is 2.41. The monoisotopic (exact) mass is 259 g/mol. The highest BCUT2D eigenvalue weighted by Gasteiger charge is 2.10. The molecule has 0 unspecified atom stereocenters. The van der Waals surface area contributed by atoms with E-state index in [1.54, 1.807) is 0 Å². The van der Waals surface area contributed by atoms with Gasteiger partial charge in [-0.3, -0.25) is 0 Å². The summed E-state index contributed by atoms with van der Waals surface area (Å²) in [5.74, 6) is 6.25. The Bertz CT molecular complexity index is 270. The number of nitrogens with zero attached hydrogens (tertiary/aromatic N) is 2. The lowest BCUT2D eigenvalue weighted by Gasteiger charge is -2.00. The van der Waals surface area contributed by atoms with Gasteiger partial charge in [0.2, 0.25) is 0 Å². The minimum absolute atomic E-state index is 1.14. The van der Waals surface area contributed by atoms with E-state index >= 15 is 0 Å². The number of thioether (sulfide) groups is 2. The molecule has 16 heavy (non-hydrogen) atoms. The predicted molar refractivity (Wildman–Crippen MR) is 75.4 cm³/mol. The van der Waals surface area contributed by atoms with Crippen molar-refractivity contribution in [2.45, 2.75) is 33.9 Å². The van der Waals surface area contributed by atoms with Gasteiger partial charge in [0.25, 0.3) is 5.82 Å². The molecule has 4 heteroatoms. The number of imidazole rings is 1. The minimum Gasteiger partial charge on any atom is -0.234 e. The second kappa shape index (κ2) is 8.07. The molecule has 92 valence electrons. The van der Waals surface area contributed by atoms with Crippen molar-refractivity contribution in [2.75, 3.05) is 23.0 Å². The summed E-state index contributed by atoms with van der Waals surface area (Å²) in [5, 5.41) is 0. The fourth-order valence-electron chi connectivity index (χ4n) is 1.63. The summed E-state index contributed by atoms with van der Waals surface area (Å²) >= 11 is 4.02. The zero-order valence-corrected chi connectivity index (χ0v) is 12.2. The van der Waals surface area contributed by atoms with Crippen LogP contribution in [0.5, 0.6) is 0 Å². The first-order valence-corrected chi connectivity index (χ1v) is 8.31. The molecule has 0 saturated heterocycles. The van der Waals surface area contributed by atoms with E-state index in [0.717, 1.165) is 13.1 Å². The van der Waals surface area contributed by atoms with E-state index in [-0.39, 0.29) is 0 Å². The summed E-state index contributed by atoms with van der Waals surface area (Å²) in [4.78, 5) is 0. The molecule has 0 radical (unpaired) electrons. The lowest BCUT2D eigenvalue weighted by Crippen LogP contribution is -2.36. The highest BCUT2D eigenvalue weighted by molar-refractivity contribution is 7.99. The van der Waals surface area contributed by atoms with Gasteiger partial charge in [0.1, 0.15) is 12.4 Å². The maximum atomic E-state index is 2.36. The summed E-state index contributed by atoms with van der Waals surface area (Å²) < 4.78 is 4.72. The molecule has 0 spiro atoms. The molecule has 0 N–H and O–H groups in total. The third kappa shape index (κ3) is 4.42. The lowest BCUT2D eigenvalue weighted by molar-refractivity contribution is -0.698. The predicted octanol–water partition coefficient (Wildman–Crippen LogP) is 2.59. The van der Waals surface area contributed by atoms with Gasteiger partial charge in [0.15, 0.2) is 0 Å². The highest BCUT2D eigenvalue weighted by Crippen LogP contribution is 2.03. The fraction of sp³-hybridized carbons (Fsp3) is 0.750. The van der Waals surface area contributed by atoms with Crippen LogP contribution in [0.2, 0.25) is 0 Å². The van der Waals surface area contributed by atoms with Gasteiger partial charge in [0, 0.05) is 18.4 Å². The Hall–Kier alpha value is -0.0900. The maximum Gasteiger partial charge on any atom is 0.253 e. The van der Waals surface area contributed by atoms with Gasteiger partial charge in [-0.15, -0.1) is 0 Å². The molecule has 1 aromatic rings. The van der Waals surface area contributed by atoms with Crippen LogP contribution >= 0.6 is 23.5 Å². The SMILES string of the molecule is CCSCCn1cc[n+](CCSCC)c1C. The Morgan fingerprint density at radius 3 is 2.56 bits per heavy atom. The Morgan fingerprint density at radius 1 is 1.19 bits per heavy atom. The van der Waals surface area contributed by atoms with Crippen LogP contribution in [0, 0.1) is 6.92 Å². The van der Waals surface area contributed by atoms with Crippen LogP contribution < -0.4 is 4.57 Å². The Labute approximate surface area is 108 Å². The molecule has 0 fully saturated rings. The second-order valence-electron chi connectivity index (χ2n) is 3.63. The van der Waals surface area contributed by atoms with Gasteiger partial charge in [-0.2, -0.15) is 23.5 Å². The fourth-order valence-corrected chi connectivity index (χ4v) is 2.86. The summed E-state index contributed by atoms with van der Waals surface area (Å²) in [5.41, 5.74) is 0. The quantitative estimate of drug-likeness (QED) is 0.524. The summed E-state index contributed by atoms with van der Waals surface area (Å²) in [6.07, 6.45) is 4.42. The molecule has 0 saturated carbocycles. The molecule has 0 aliphatic rings. The topological polar surface area (TPSA) is 8.81 Å². The number of rotatable bonds is 8. The Kier molecular flexibility index (Phi) is 7.05. The van der Waals surface area contributed by atoms with Crippen molar-refractivity contribution in [1.29, 1.82) is 0 Å². The molecule has 0 aliphatic heterocycles. The summed E-state index contributed by atoms with van der Waals surface area (Å²) in [6, 6.07) is 0. The minimum atomic E-state index is 1.14. The average molecular weight is 259 g/mol. The number of hydrogen-bond acceptors (Lipinski definition) is 2. The van der Waals surface area contributed by atoms with Gasteiger partial charge < -0.3 is 0 Å². The normalized spacial score (nSPS) is 10.9. The molecular formula is C12H23N2S2+. The molecule has 0 aliphatic carbocycles. The molecule has 0 aromatic carbocycles. The third-order valence-electron chi connectivity index (χ3n) is 2.62. The first-order valence-electron chi connectivity index (χ1n) is 6.00. The molecule has 0 atom stereocenters. The molecule has 1 heterocycles. The van der Waals surface area contributed by atoms with Crippen LogP contribution in [-0.2, 0) is 13.1 Å². The van der Waals surface area contributed by atoms with Crippen molar-refractivity contribution >= 4 is 23.5 Å². The molecule has 2 nitrogen and oxygen atoms in total. The van der Waals surface area contributed by atoms with E-state index in [4.69, 9.17) is 0 Å². The van der Waals surface area contributed by atoms with Crippen molar-refractivity contribution in [3.8, 4) is 0 Å². The van der Waals surface area contributed by atoms with E-state index in [1.165, 1.54) is 28.8 Å². The van der Waals surface area contributed by atoms with Gasteiger partial charge >= 0.3 is 0 Å². The molecule has 1 rings (SSSR count). The van der Waals surface area contributed by atoms with Gasteiger partial charge in [-0.25, -0.2) is 9.13 Å². The lowest BCUT2D eigenvalue weighted by atomic mass is 10.6. The molecule has 0 bridgehead atoms. The van der Waals surface area contributed by atoms with Crippen molar-refractivity contribution in [3.05, 3.63) is 18.2 Å². The number of aromatic nitrogens is 2. The van der Waals surface area contributed by atoms with Crippen LogP contribution in [0.4, 0.5) is 0 Å². The van der Waals surface area contributed by atoms with Crippen LogP contribution in [0.3, 0.4) is 0 Å². The van der Waals surface area contributed by atoms with Crippen molar-refractivity contribution < 1.29 is 4.57 Å². The maximum absolute atomic E-state index is 2.36. The zero-order valence-electron chi connectivity index (χ0n) is 10.6. The Morgan fingerprint density at radius 2 is 1.88 bits per heavy atom. The van der Waals surface area contributed by atoms with Crippen LogP contribution in [0.15, 0.2) is 12.4 Å². The number of aryl methyl sites for hydroxylation is 2. The van der Waals surface area contributed by atoms with Gasteiger partial charge in [0.05, 0.1) is 13.1 Å². The first-order chi connectivity index (χ1) is 7.79. The summed E-state index contributed by atoms with van der Waals surface area (Å²) in [6.45, 7) is 8.93. The third-order valence-corrected chi connectivity index (χ3v) is 4.38. The van der Waals surface area contributed by atoms with Crippen LogP contribution in [0.25, 0.3) is 0 Å². The standard InChI is InChI=1S/C12H23N2S2/c1-4-15-10-8-13-6-7-14(12(13)3)9-11-16-5-2/h6-7H,4-5,8-11H2,1-3H3/q+1. The van der Waals surface area contributed by atoms with Crippen molar-refractivity contribution in [2.24, 2.45) is 0 Å².